The average molecular weight is 245 g/mol. The Morgan fingerprint density at radius 2 is 2.12 bits per heavy atom. The maximum atomic E-state index is 11.1. The van der Waals surface area contributed by atoms with Crippen LogP contribution in [0.25, 0.3) is 0 Å². The van der Waals surface area contributed by atoms with Crippen LogP contribution in [0.2, 0.25) is 0 Å². The molecule has 1 saturated heterocycles. The van der Waals surface area contributed by atoms with Gasteiger partial charge in [-0.25, -0.2) is 0 Å². The minimum atomic E-state index is -0.721. The monoisotopic (exact) mass is 245 g/mol. The number of nitrogens with zero attached hydrogens (tertiary/aromatic N) is 1. The number of carboxylic acids is 1. The molecule has 2 N–H and O–H groups in total. The number of ether oxygens (including phenoxy) is 1. The van der Waals surface area contributed by atoms with E-state index in [1.54, 1.807) is 0 Å². The molecule has 0 bridgehead atoms. The number of aliphatic hydroxyl groups excluding tert-OH is 1. The Morgan fingerprint density at radius 3 is 2.59 bits per heavy atom. The first kappa shape index (κ1) is 14.4. The topological polar surface area (TPSA) is 70.0 Å². The molecule has 100 valence electrons. The summed E-state index contributed by atoms with van der Waals surface area (Å²) in [5.74, 6) is -0.721. The van der Waals surface area contributed by atoms with E-state index < -0.39 is 5.97 Å². The van der Waals surface area contributed by atoms with E-state index >= 15 is 0 Å². The molecule has 1 aliphatic rings. The van der Waals surface area contributed by atoms with Gasteiger partial charge in [-0.05, 0) is 19.3 Å². The van der Waals surface area contributed by atoms with Crippen molar-refractivity contribution in [3.63, 3.8) is 0 Å². The molecular formula is C12H23NO4. The summed E-state index contributed by atoms with van der Waals surface area (Å²) in [6, 6.07) is -0.348. The van der Waals surface area contributed by atoms with Crippen LogP contribution in [0.4, 0.5) is 0 Å². The minimum Gasteiger partial charge on any atom is -0.480 e. The van der Waals surface area contributed by atoms with Crippen LogP contribution < -0.4 is 0 Å². The molecule has 1 heterocycles. The standard InChI is InChI=1S/C12H23NO4/c1-2-3-11(12(15)16)13-6-4-10(5-7-13)17-9-8-14/h10-11,14H,2-9H2,1H3,(H,15,16). The Labute approximate surface area is 102 Å². The Balaban J connectivity index is 2.36. The van der Waals surface area contributed by atoms with Gasteiger partial charge in [0.1, 0.15) is 6.04 Å². The van der Waals surface area contributed by atoms with Gasteiger partial charge in [-0.15, -0.1) is 0 Å². The van der Waals surface area contributed by atoms with E-state index in [0.29, 0.717) is 13.0 Å². The van der Waals surface area contributed by atoms with Crippen LogP contribution in [0.15, 0.2) is 0 Å². The zero-order valence-corrected chi connectivity index (χ0v) is 10.5. The Kier molecular flexibility index (Phi) is 6.47. The number of rotatable bonds is 7. The van der Waals surface area contributed by atoms with Gasteiger partial charge in [-0.3, -0.25) is 9.69 Å². The normalized spacial score (nSPS) is 20.4. The van der Waals surface area contributed by atoms with Crippen LogP contribution in [-0.4, -0.2) is 59.5 Å². The van der Waals surface area contributed by atoms with Crippen LogP contribution in [0.1, 0.15) is 32.6 Å². The van der Waals surface area contributed by atoms with Crippen molar-refractivity contribution in [2.75, 3.05) is 26.3 Å². The highest BCUT2D eigenvalue weighted by molar-refractivity contribution is 5.73. The largest absolute Gasteiger partial charge is 0.480 e. The lowest BCUT2D eigenvalue weighted by molar-refractivity contribution is -0.144. The third-order valence-electron chi connectivity index (χ3n) is 3.21. The van der Waals surface area contributed by atoms with Crippen molar-refractivity contribution in [1.82, 2.24) is 4.90 Å². The van der Waals surface area contributed by atoms with E-state index in [9.17, 15) is 4.79 Å². The lowest BCUT2D eigenvalue weighted by atomic mass is 10.0. The van der Waals surface area contributed by atoms with Crippen LogP contribution in [0.3, 0.4) is 0 Å². The summed E-state index contributed by atoms with van der Waals surface area (Å²) in [4.78, 5) is 13.2. The summed E-state index contributed by atoms with van der Waals surface area (Å²) in [5, 5.41) is 17.8. The number of aliphatic hydroxyl groups is 1. The fourth-order valence-corrected chi connectivity index (χ4v) is 2.31. The summed E-state index contributed by atoms with van der Waals surface area (Å²) < 4.78 is 5.46. The van der Waals surface area contributed by atoms with E-state index in [2.05, 4.69) is 0 Å². The number of piperidine rings is 1. The van der Waals surface area contributed by atoms with E-state index in [4.69, 9.17) is 14.9 Å². The smallest absolute Gasteiger partial charge is 0.320 e. The van der Waals surface area contributed by atoms with Gasteiger partial charge in [-0.2, -0.15) is 0 Å². The molecular weight excluding hydrogens is 222 g/mol. The lowest BCUT2D eigenvalue weighted by Gasteiger charge is -2.35. The van der Waals surface area contributed by atoms with Crippen LogP contribution in [-0.2, 0) is 9.53 Å². The average Bonchev–Trinajstić information content (AvgIpc) is 2.34. The zero-order chi connectivity index (χ0) is 12.7. The fraction of sp³-hybridized carbons (Fsp3) is 0.917. The van der Waals surface area contributed by atoms with Gasteiger partial charge in [0.05, 0.1) is 19.3 Å². The summed E-state index contributed by atoms with van der Waals surface area (Å²) >= 11 is 0. The third kappa shape index (κ3) is 4.61. The van der Waals surface area contributed by atoms with Crippen LogP contribution in [0, 0.1) is 0 Å². The van der Waals surface area contributed by atoms with Gasteiger partial charge in [0.15, 0.2) is 0 Å². The number of carboxylic acid groups (broad SMARTS) is 1. The first-order valence-corrected chi connectivity index (χ1v) is 6.38. The van der Waals surface area contributed by atoms with E-state index in [1.165, 1.54) is 0 Å². The predicted molar refractivity (Wildman–Crippen MR) is 64.0 cm³/mol. The molecule has 0 amide bonds. The molecule has 0 aromatic heterocycles. The van der Waals surface area contributed by atoms with Crippen molar-refractivity contribution in [2.24, 2.45) is 0 Å². The second-order valence-corrected chi connectivity index (χ2v) is 4.47. The number of carbonyl (C=O) groups is 1. The van der Waals surface area contributed by atoms with Gasteiger partial charge in [0.25, 0.3) is 0 Å². The summed E-state index contributed by atoms with van der Waals surface area (Å²) in [7, 11) is 0. The van der Waals surface area contributed by atoms with E-state index in [-0.39, 0.29) is 18.8 Å². The summed E-state index contributed by atoms with van der Waals surface area (Å²) in [5.41, 5.74) is 0. The van der Waals surface area contributed by atoms with Gasteiger partial charge >= 0.3 is 5.97 Å². The number of hydrogen-bond donors (Lipinski definition) is 2. The van der Waals surface area contributed by atoms with Gasteiger partial charge in [0.2, 0.25) is 0 Å². The maximum absolute atomic E-state index is 11.1. The van der Waals surface area contributed by atoms with Crippen molar-refractivity contribution in [3.8, 4) is 0 Å². The molecule has 0 aromatic carbocycles. The lowest BCUT2D eigenvalue weighted by Crippen LogP contribution is -2.47. The molecule has 0 aliphatic carbocycles. The first-order chi connectivity index (χ1) is 8.19. The summed E-state index contributed by atoms with van der Waals surface area (Å²) in [6.07, 6.45) is 3.48. The molecule has 1 unspecified atom stereocenters. The zero-order valence-electron chi connectivity index (χ0n) is 10.5. The SMILES string of the molecule is CCCC(C(=O)O)N1CCC(OCCO)CC1. The Bertz CT molecular complexity index is 227. The second-order valence-electron chi connectivity index (χ2n) is 4.47. The van der Waals surface area contributed by atoms with Crippen molar-refractivity contribution in [3.05, 3.63) is 0 Å². The molecule has 0 saturated carbocycles. The highest BCUT2D eigenvalue weighted by Gasteiger charge is 2.28. The first-order valence-electron chi connectivity index (χ1n) is 6.38. The second kappa shape index (κ2) is 7.63. The van der Waals surface area contributed by atoms with Crippen molar-refractivity contribution in [2.45, 2.75) is 44.8 Å². The summed E-state index contributed by atoms with van der Waals surface area (Å²) in [6.45, 7) is 3.98. The molecule has 0 radical (unpaired) electrons. The minimum absolute atomic E-state index is 0.0494. The fourth-order valence-electron chi connectivity index (χ4n) is 2.31. The van der Waals surface area contributed by atoms with Crippen LogP contribution >= 0.6 is 0 Å². The molecule has 1 fully saturated rings. The molecule has 17 heavy (non-hydrogen) atoms. The van der Waals surface area contributed by atoms with E-state index in [0.717, 1.165) is 32.4 Å². The highest BCUT2D eigenvalue weighted by atomic mass is 16.5. The number of likely N-dealkylation sites (tertiary alicyclic amines) is 1. The van der Waals surface area contributed by atoms with Crippen LogP contribution in [0.5, 0.6) is 0 Å². The molecule has 1 rings (SSSR count). The van der Waals surface area contributed by atoms with Gasteiger partial charge in [0, 0.05) is 13.1 Å². The van der Waals surface area contributed by atoms with Gasteiger partial charge in [-0.1, -0.05) is 13.3 Å². The highest BCUT2D eigenvalue weighted by Crippen LogP contribution is 2.18. The molecule has 1 atom stereocenters. The van der Waals surface area contributed by atoms with Gasteiger partial charge < -0.3 is 14.9 Å². The number of hydrogen-bond acceptors (Lipinski definition) is 4. The van der Waals surface area contributed by atoms with Crippen molar-refractivity contribution >= 4 is 5.97 Å². The van der Waals surface area contributed by atoms with Crippen molar-refractivity contribution in [1.29, 1.82) is 0 Å². The quantitative estimate of drug-likeness (QED) is 0.691. The molecule has 0 aromatic rings. The molecule has 5 heteroatoms. The van der Waals surface area contributed by atoms with Crippen molar-refractivity contribution < 1.29 is 19.7 Å². The third-order valence-corrected chi connectivity index (χ3v) is 3.21. The molecule has 1 aliphatic heterocycles. The molecule has 5 nitrogen and oxygen atoms in total. The Morgan fingerprint density at radius 1 is 1.47 bits per heavy atom. The maximum Gasteiger partial charge on any atom is 0.320 e. The predicted octanol–water partition coefficient (Wildman–Crippen LogP) is 0.713. The number of aliphatic carboxylic acids is 1. The Hall–Kier alpha value is -0.650. The van der Waals surface area contributed by atoms with E-state index in [1.807, 2.05) is 11.8 Å². The molecule has 0 spiro atoms.